The number of ether oxygens (including phenoxy) is 1. The smallest absolute Gasteiger partial charge is 0.124 e. The molecule has 0 unspecified atom stereocenters. The van der Waals surface area contributed by atoms with Crippen LogP contribution >= 0.6 is 11.6 Å². The molecule has 0 amide bonds. The summed E-state index contributed by atoms with van der Waals surface area (Å²) in [5, 5.41) is 11.3. The van der Waals surface area contributed by atoms with Crippen LogP contribution in [0.15, 0.2) is 18.2 Å². The van der Waals surface area contributed by atoms with E-state index in [1.54, 1.807) is 19.2 Å². The fourth-order valence-corrected chi connectivity index (χ4v) is 2.95. The van der Waals surface area contributed by atoms with Crippen LogP contribution in [0.5, 0.6) is 5.75 Å². The van der Waals surface area contributed by atoms with Crippen LogP contribution in [-0.2, 0) is 0 Å². The van der Waals surface area contributed by atoms with Gasteiger partial charge in [-0.05, 0) is 44.1 Å². The highest BCUT2D eigenvalue weighted by atomic mass is 35.5. The van der Waals surface area contributed by atoms with Gasteiger partial charge in [0, 0.05) is 17.1 Å². The molecule has 0 saturated carbocycles. The van der Waals surface area contributed by atoms with Crippen molar-refractivity contribution >= 4 is 11.6 Å². The lowest BCUT2D eigenvalue weighted by atomic mass is 10.1. The van der Waals surface area contributed by atoms with Crippen molar-refractivity contribution in [3.05, 3.63) is 28.8 Å². The molecule has 3 nitrogen and oxygen atoms in total. The normalized spacial score (nSPS) is 12.6. The van der Waals surface area contributed by atoms with E-state index in [2.05, 4.69) is 18.7 Å². The van der Waals surface area contributed by atoms with Gasteiger partial charge in [-0.3, -0.25) is 0 Å². The monoisotopic (exact) mass is 341 g/mol. The highest BCUT2D eigenvalue weighted by Crippen LogP contribution is 2.29. The average Bonchev–Trinajstić information content (AvgIpc) is 2.55. The maximum atomic E-state index is 10.7. The number of nitrogens with zero attached hydrogens (tertiary/aromatic N) is 1. The number of hydrogen-bond donors (Lipinski definition) is 1. The average molecular weight is 342 g/mol. The van der Waals surface area contributed by atoms with Crippen LogP contribution in [0.4, 0.5) is 0 Å². The van der Waals surface area contributed by atoms with Crippen LogP contribution in [0.2, 0.25) is 5.02 Å². The fraction of sp³-hybridized carbons (Fsp3) is 0.684. The third kappa shape index (κ3) is 7.56. The number of methoxy groups -OCH3 is 1. The van der Waals surface area contributed by atoms with Crippen molar-refractivity contribution in [3.8, 4) is 5.75 Å². The lowest BCUT2D eigenvalue weighted by Gasteiger charge is -2.26. The van der Waals surface area contributed by atoms with E-state index >= 15 is 0 Å². The molecule has 0 spiro atoms. The Morgan fingerprint density at radius 2 is 1.70 bits per heavy atom. The summed E-state index contributed by atoms with van der Waals surface area (Å²) in [5.74, 6) is 0.698. The van der Waals surface area contributed by atoms with E-state index in [1.807, 2.05) is 6.07 Å². The van der Waals surface area contributed by atoms with E-state index in [4.69, 9.17) is 16.3 Å². The van der Waals surface area contributed by atoms with Crippen molar-refractivity contribution in [3.63, 3.8) is 0 Å². The summed E-state index contributed by atoms with van der Waals surface area (Å²) in [5.41, 5.74) is 0.774. The molecule has 132 valence electrons. The standard InChI is InChI=1S/C19H32ClNO2/c1-4-6-8-12-21(13-9-7-5-2)15-18(22)17-14-16(20)10-11-19(17)23-3/h10-11,14,18,22H,4-9,12-13,15H2,1-3H3/t18-/m0/s1. The molecule has 4 heteroatoms. The van der Waals surface area contributed by atoms with Crippen molar-refractivity contribution in [2.24, 2.45) is 0 Å². The van der Waals surface area contributed by atoms with Crippen LogP contribution in [0, 0.1) is 0 Å². The van der Waals surface area contributed by atoms with Crippen LogP contribution in [-0.4, -0.2) is 36.8 Å². The predicted molar refractivity (Wildman–Crippen MR) is 98.5 cm³/mol. The first kappa shape index (κ1) is 20.3. The molecule has 1 aromatic rings. The number of unbranched alkanes of at least 4 members (excludes halogenated alkanes) is 4. The molecule has 0 aliphatic carbocycles. The number of halogens is 1. The Kier molecular flexibility index (Phi) is 10.3. The van der Waals surface area contributed by atoms with Gasteiger partial charge in [-0.1, -0.05) is 51.1 Å². The summed E-state index contributed by atoms with van der Waals surface area (Å²) < 4.78 is 5.36. The second kappa shape index (κ2) is 11.7. The van der Waals surface area contributed by atoms with Gasteiger partial charge >= 0.3 is 0 Å². The number of aliphatic hydroxyl groups excluding tert-OH is 1. The number of hydrogen-bond acceptors (Lipinski definition) is 3. The second-order valence-electron chi connectivity index (χ2n) is 6.12. The molecule has 0 bridgehead atoms. The van der Waals surface area contributed by atoms with Gasteiger partial charge < -0.3 is 14.7 Å². The molecule has 1 atom stereocenters. The van der Waals surface area contributed by atoms with Crippen molar-refractivity contribution in [2.45, 2.75) is 58.5 Å². The van der Waals surface area contributed by atoms with Crippen LogP contribution in [0.3, 0.4) is 0 Å². The van der Waals surface area contributed by atoms with E-state index in [-0.39, 0.29) is 0 Å². The first-order chi connectivity index (χ1) is 11.1. The summed E-state index contributed by atoms with van der Waals surface area (Å²) in [6, 6.07) is 5.41. The first-order valence-electron chi connectivity index (χ1n) is 8.86. The quantitative estimate of drug-likeness (QED) is 0.539. The van der Waals surface area contributed by atoms with Gasteiger partial charge in [0.15, 0.2) is 0 Å². The zero-order chi connectivity index (χ0) is 17.1. The highest BCUT2D eigenvalue weighted by molar-refractivity contribution is 6.30. The summed E-state index contributed by atoms with van der Waals surface area (Å²) >= 11 is 6.08. The molecule has 0 aromatic heterocycles. The van der Waals surface area contributed by atoms with Gasteiger partial charge in [0.05, 0.1) is 13.2 Å². The third-order valence-corrected chi connectivity index (χ3v) is 4.37. The SMILES string of the molecule is CCCCCN(CCCCC)C[C@H](O)c1cc(Cl)ccc1OC. The molecular weight excluding hydrogens is 310 g/mol. The van der Waals surface area contributed by atoms with Crippen LogP contribution in [0.25, 0.3) is 0 Å². The lowest BCUT2D eigenvalue weighted by Crippen LogP contribution is -2.31. The van der Waals surface area contributed by atoms with Gasteiger partial charge in [-0.25, -0.2) is 0 Å². The van der Waals surface area contributed by atoms with Gasteiger partial charge in [0.1, 0.15) is 5.75 Å². The van der Waals surface area contributed by atoms with Gasteiger partial charge in [0.25, 0.3) is 0 Å². The summed E-state index contributed by atoms with van der Waals surface area (Å²) in [6.45, 7) is 7.14. The number of benzene rings is 1. The first-order valence-corrected chi connectivity index (χ1v) is 9.24. The second-order valence-corrected chi connectivity index (χ2v) is 6.55. The fourth-order valence-electron chi connectivity index (χ4n) is 2.77. The molecule has 23 heavy (non-hydrogen) atoms. The molecule has 1 N–H and O–H groups in total. The van der Waals surface area contributed by atoms with E-state index in [0.29, 0.717) is 17.3 Å². The molecule has 0 aliphatic rings. The Morgan fingerprint density at radius 1 is 1.09 bits per heavy atom. The van der Waals surface area contributed by atoms with Gasteiger partial charge in [-0.15, -0.1) is 0 Å². The lowest BCUT2D eigenvalue weighted by molar-refractivity contribution is 0.108. The number of rotatable bonds is 12. The topological polar surface area (TPSA) is 32.7 Å². The van der Waals surface area contributed by atoms with Crippen molar-refractivity contribution in [1.82, 2.24) is 4.90 Å². The Bertz CT molecular complexity index is 429. The van der Waals surface area contributed by atoms with Gasteiger partial charge in [-0.2, -0.15) is 0 Å². The van der Waals surface area contributed by atoms with Crippen molar-refractivity contribution < 1.29 is 9.84 Å². The van der Waals surface area contributed by atoms with E-state index in [0.717, 1.165) is 18.7 Å². The molecule has 0 fully saturated rings. The van der Waals surface area contributed by atoms with E-state index < -0.39 is 6.10 Å². The Labute approximate surface area is 146 Å². The minimum absolute atomic E-state index is 0.577. The molecule has 0 aliphatic heterocycles. The molecule has 0 saturated heterocycles. The van der Waals surface area contributed by atoms with E-state index in [1.165, 1.54) is 38.5 Å². The van der Waals surface area contributed by atoms with Crippen LogP contribution in [0.1, 0.15) is 64.0 Å². The largest absolute Gasteiger partial charge is 0.496 e. The zero-order valence-corrected chi connectivity index (χ0v) is 15.6. The highest BCUT2D eigenvalue weighted by Gasteiger charge is 2.17. The van der Waals surface area contributed by atoms with Gasteiger partial charge in [0.2, 0.25) is 0 Å². The molecule has 1 rings (SSSR count). The molecule has 1 aromatic carbocycles. The Hall–Kier alpha value is -0.770. The third-order valence-electron chi connectivity index (χ3n) is 4.14. The summed E-state index contributed by atoms with van der Waals surface area (Å²) in [4.78, 5) is 2.37. The minimum Gasteiger partial charge on any atom is -0.496 e. The predicted octanol–water partition coefficient (Wildman–Crippen LogP) is 5.06. The Balaban J connectivity index is 2.70. The minimum atomic E-state index is -0.577. The van der Waals surface area contributed by atoms with Crippen molar-refractivity contribution in [1.29, 1.82) is 0 Å². The molecule has 0 radical (unpaired) electrons. The maximum Gasteiger partial charge on any atom is 0.124 e. The van der Waals surface area contributed by atoms with Crippen LogP contribution < -0.4 is 4.74 Å². The maximum absolute atomic E-state index is 10.7. The molecular formula is C19H32ClNO2. The summed E-state index contributed by atoms with van der Waals surface area (Å²) in [6.07, 6.45) is 6.69. The van der Waals surface area contributed by atoms with Crippen molar-refractivity contribution in [2.75, 3.05) is 26.7 Å². The van der Waals surface area contributed by atoms with E-state index in [9.17, 15) is 5.11 Å². The zero-order valence-electron chi connectivity index (χ0n) is 14.9. The summed E-state index contributed by atoms with van der Waals surface area (Å²) in [7, 11) is 1.62. The number of aliphatic hydroxyl groups is 1. The molecule has 0 heterocycles. The Morgan fingerprint density at radius 3 is 2.22 bits per heavy atom.